The maximum atomic E-state index is 12.9. The Morgan fingerprint density at radius 2 is 1.75 bits per heavy atom. The number of benzene rings is 2. The van der Waals surface area contributed by atoms with Gasteiger partial charge in [0.15, 0.2) is 0 Å². The first kappa shape index (κ1) is 23.0. The van der Waals surface area contributed by atoms with Crippen molar-refractivity contribution in [2.75, 3.05) is 26.9 Å². The van der Waals surface area contributed by atoms with Crippen LogP contribution in [0.3, 0.4) is 0 Å². The first-order valence-corrected chi connectivity index (χ1v) is 10.1. The van der Waals surface area contributed by atoms with Gasteiger partial charge in [-0.2, -0.15) is 0 Å². The molecule has 1 saturated heterocycles. The van der Waals surface area contributed by atoms with Crippen LogP contribution in [0.1, 0.15) is 30.5 Å². The number of ether oxygens (including phenoxy) is 2. The molecule has 1 atom stereocenters. The molecule has 1 aliphatic heterocycles. The van der Waals surface area contributed by atoms with Gasteiger partial charge in [0, 0.05) is 31.4 Å². The summed E-state index contributed by atoms with van der Waals surface area (Å²) in [5.41, 5.74) is 0.619. The minimum absolute atomic E-state index is 0.0813. The molecular weight excluding hydrogens is 416 g/mol. The highest BCUT2D eigenvalue weighted by Crippen LogP contribution is 2.39. The number of carbonyl (C=O) groups excluding carboxylic acids is 2. The molecule has 0 saturated carbocycles. The Balaban J connectivity index is 2.06. The largest absolute Gasteiger partial charge is 0.507 e. The molecular formula is C23H24N2O7. The van der Waals surface area contributed by atoms with E-state index in [0.717, 1.165) is 6.42 Å². The molecule has 1 heterocycles. The fourth-order valence-corrected chi connectivity index (χ4v) is 3.51. The number of ketones is 1. The predicted octanol–water partition coefficient (Wildman–Crippen LogP) is 3.45. The molecule has 1 aliphatic rings. The highest BCUT2D eigenvalue weighted by atomic mass is 16.6. The summed E-state index contributed by atoms with van der Waals surface area (Å²) in [6.45, 7) is 2.83. The summed E-state index contributed by atoms with van der Waals surface area (Å²) in [4.78, 5) is 37.4. The maximum Gasteiger partial charge on any atom is 0.295 e. The van der Waals surface area contributed by atoms with Gasteiger partial charge >= 0.3 is 0 Å². The van der Waals surface area contributed by atoms with Gasteiger partial charge in [0.1, 0.15) is 11.5 Å². The normalized spacial score (nSPS) is 17.6. The summed E-state index contributed by atoms with van der Waals surface area (Å²) < 4.78 is 10.6. The molecule has 0 aromatic heterocycles. The van der Waals surface area contributed by atoms with Crippen LogP contribution >= 0.6 is 0 Å². The lowest BCUT2D eigenvalue weighted by atomic mass is 9.95. The van der Waals surface area contributed by atoms with E-state index in [9.17, 15) is 24.8 Å². The standard InChI is InChI=1S/C23H24N2O7/c1-3-13-32-18-10-6-16(7-11-18)21(26)19-20(15-4-8-17(9-5-15)25(29)30)24(12-14-31-2)23(28)22(19)27/h4-11,20,26H,3,12-14H2,1-2H3/b21-19+. The van der Waals surface area contributed by atoms with Crippen LogP contribution in [0.15, 0.2) is 54.1 Å². The van der Waals surface area contributed by atoms with Crippen molar-refractivity contribution in [3.63, 3.8) is 0 Å². The lowest BCUT2D eigenvalue weighted by molar-refractivity contribution is -0.384. The number of nitro groups is 1. The van der Waals surface area contributed by atoms with Crippen LogP contribution in [0.25, 0.3) is 5.76 Å². The van der Waals surface area contributed by atoms with E-state index in [2.05, 4.69) is 0 Å². The van der Waals surface area contributed by atoms with Crippen LogP contribution in [0.4, 0.5) is 5.69 Å². The minimum Gasteiger partial charge on any atom is -0.507 e. The first-order valence-electron chi connectivity index (χ1n) is 10.1. The topological polar surface area (TPSA) is 119 Å². The molecule has 0 aliphatic carbocycles. The fourth-order valence-electron chi connectivity index (χ4n) is 3.51. The van der Waals surface area contributed by atoms with E-state index in [1.165, 1.54) is 36.3 Å². The Morgan fingerprint density at radius 1 is 1.09 bits per heavy atom. The van der Waals surface area contributed by atoms with E-state index in [-0.39, 0.29) is 30.2 Å². The Kier molecular flexibility index (Phi) is 7.21. The van der Waals surface area contributed by atoms with Crippen LogP contribution in [0.5, 0.6) is 5.75 Å². The van der Waals surface area contributed by atoms with E-state index in [1.54, 1.807) is 24.3 Å². The molecule has 9 heteroatoms. The third-order valence-corrected chi connectivity index (χ3v) is 5.10. The van der Waals surface area contributed by atoms with Crippen molar-refractivity contribution in [2.45, 2.75) is 19.4 Å². The number of aliphatic hydroxyl groups is 1. The monoisotopic (exact) mass is 440 g/mol. The Morgan fingerprint density at radius 3 is 2.31 bits per heavy atom. The fraction of sp³-hybridized carbons (Fsp3) is 0.304. The van der Waals surface area contributed by atoms with Crippen LogP contribution in [-0.4, -0.2) is 53.5 Å². The second-order valence-electron chi connectivity index (χ2n) is 7.21. The number of hydrogen-bond acceptors (Lipinski definition) is 7. The number of non-ortho nitro benzene ring substituents is 1. The number of likely N-dealkylation sites (tertiary alicyclic amines) is 1. The second kappa shape index (κ2) is 10.1. The highest BCUT2D eigenvalue weighted by Gasteiger charge is 2.45. The number of aliphatic hydroxyl groups excluding tert-OH is 1. The number of carbonyl (C=O) groups is 2. The van der Waals surface area contributed by atoms with Crippen molar-refractivity contribution < 1.29 is 29.1 Å². The van der Waals surface area contributed by atoms with Gasteiger partial charge in [-0.1, -0.05) is 6.92 Å². The van der Waals surface area contributed by atoms with Gasteiger partial charge in [0.25, 0.3) is 17.4 Å². The Bertz CT molecular complexity index is 1030. The van der Waals surface area contributed by atoms with Gasteiger partial charge in [0.05, 0.1) is 29.8 Å². The smallest absolute Gasteiger partial charge is 0.295 e. The zero-order valence-electron chi connectivity index (χ0n) is 17.8. The zero-order chi connectivity index (χ0) is 23.3. The molecule has 9 nitrogen and oxygen atoms in total. The molecule has 0 spiro atoms. The van der Waals surface area contributed by atoms with E-state index in [0.29, 0.717) is 23.5 Å². The van der Waals surface area contributed by atoms with Crippen LogP contribution in [0.2, 0.25) is 0 Å². The van der Waals surface area contributed by atoms with Crippen LogP contribution < -0.4 is 4.74 Å². The maximum absolute atomic E-state index is 12.9. The van der Waals surface area contributed by atoms with Crippen molar-refractivity contribution in [2.24, 2.45) is 0 Å². The van der Waals surface area contributed by atoms with E-state index >= 15 is 0 Å². The van der Waals surface area contributed by atoms with Crippen LogP contribution in [0, 0.1) is 10.1 Å². The van der Waals surface area contributed by atoms with Gasteiger partial charge in [-0.25, -0.2) is 0 Å². The molecule has 2 aromatic rings. The number of Topliss-reactive ketones (excluding diaryl/α,β-unsaturated/α-hetero) is 1. The van der Waals surface area contributed by atoms with Crippen molar-refractivity contribution in [1.29, 1.82) is 0 Å². The quantitative estimate of drug-likeness (QED) is 0.208. The molecule has 1 fully saturated rings. The summed E-state index contributed by atoms with van der Waals surface area (Å²) in [5.74, 6) is -1.30. The third kappa shape index (κ3) is 4.62. The molecule has 0 radical (unpaired) electrons. The first-order chi connectivity index (χ1) is 15.4. The highest BCUT2D eigenvalue weighted by molar-refractivity contribution is 6.46. The second-order valence-corrected chi connectivity index (χ2v) is 7.21. The molecule has 3 rings (SSSR count). The Hall–Kier alpha value is -3.72. The summed E-state index contributed by atoms with van der Waals surface area (Å²) >= 11 is 0. The molecule has 32 heavy (non-hydrogen) atoms. The number of methoxy groups -OCH3 is 1. The van der Waals surface area contributed by atoms with Gasteiger partial charge in [-0.05, 0) is 48.4 Å². The number of hydrogen-bond donors (Lipinski definition) is 1. The predicted molar refractivity (Wildman–Crippen MR) is 116 cm³/mol. The lowest BCUT2D eigenvalue weighted by Crippen LogP contribution is -2.32. The summed E-state index contributed by atoms with van der Waals surface area (Å²) in [7, 11) is 1.47. The summed E-state index contributed by atoms with van der Waals surface area (Å²) in [5, 5.41) is 22.0. The Labute approximate surface area is 185 Å². The van der Waals surface area contributed by atoms with E-state index in [4.69, 9.17) is 9.47 Å². The van der Waals surface area contributed by atoms with Crippen molar-refractivity contribution in [3.05, 3.63) is 75.3 Å². The molecule has 0 bridgehead atoms. The number of nitro benzene ring substituents is 1. The summed E-state index contributed by atoms with van der Waals surface area (Å²) in [6.07, 6.45) is 0.849. The summed E-state index contributed by atoms with van der Waals surface area (Å²) in [6, 6.07) is 11.2. The SMILES string of the molecule is CCCOc1ccc(/C(O)=C2\C(=O)C(=O)N(CCOC)C2c2ccc([N+](=O)[O-])cc2)cc1. The average molecular weight is 440 g/mol. The van der Waals surface area contributed by atoms with Gasteiger partial charge in [-0.3, -0.25) is 19.7 Å². The molecule has 1 N–H and O–H groups in total. The van der Waals surface area contributed by atoms with Crippen molar-refractivity contribution in [1.82, 2.24) is 4.90 Å². The average Bonchev–Trinajstić information content (AvgIpc) is 3.06. The number of rotatable bonds is 9. The molecule has 2 aromatic carbocycles. The van der Waals surface area contributed by atoms with Gasteiger partial charge < -0.3 is 19.5 Å². The van der Waals surface area contributed by atoms with Crippen molar-refractivity contribution >= 4 is 23.1 Å². The minimum atomic E-state index is -0.901. The number of nitrogens with zero attached hydrogens (tertiary/aromatic N) is 2. The zero-order valence-corrected chi connectivity index (χ0v) is 17.8. The number of amides is 1. The third-order valence-electron chi connectivity index (χ3n) is 5.10. The van der Waals surface area contributed by atoms with E-state index in [1.807, 2.05) is 6.92 Å². The van der Waals surface area contributed by atoms with Crippen molar-refractivity contribution in [3.8, 4) is 5.75 Å². The van der Waals surface area contributed by atoms with E-state index < -0.39 is 22.7 Å². The van der Waals surface area contributed by atoms with Gasteiger partial charge in [0.2, 0.25) is 0 Å². The van der Waals surface area contributed by atoms with Gasteiger partial charge in [-0.15, -0.1) is 0 Å². The molecule has 1 amide bonds. The lowest BCUT2D eigenvalue weighted by Gasteiger charge is -2.25. The molecule has 1 unspecified atom stereocenters. The van der Waals surface area contributed by atoms with Crippen LogP contribution in [-0.2, 0) is 14.3 Å². The molecule has 168 valence electrons.